The monoisotopic (exact) mass is 1330 g/mol. The molecule has 6 amide bonds. The highest BCUT2D eigenvalue weighted by Gasteiger charge is 2.30. The summed E-state index contributed by atoms with van der Waals surface area (Å²) >= 11 is 0. The zero-order chi connectivity index (χ0) is 67.6. The number of carbonyl (C=O) groups excluding carboxylic acids is 6. The van der Waals surface area contributed by atoms with Crippen LogP contribution in [0.15, 0.2) is 117 Å². The van der Waals surface area contributed by atoms with Gasteiger partial charge in [-0.1, -0.05) is 20.8 Å². The molecule has 0 aliphatic heterocycles. The van der Waals surface area contributed by atoms with Gasteiger partial charge in [0.25, 0.3) is 0 Å². The Kier molecular flexibility index (Phi) is 28.4. The molecule has 0 saturated heterocycles. The van der Waals surface area contributed by atoms with Gasteiger partial charge in [-0.3, -0.25) is 0 Å². The summed E-state index contributed by atoms with van der Waals surface area (Å²) in [6.07, 6.45) is -16.3. The Morgan fingerprint density at radius 1 is 0.440 bits per heavy atom. The summed E-state index contributed by atoms with van der Waals surface area (Å²) in [5, 5.41) is 32.9. The molecule has 34 heteroatoms. The molecule has 4 aromatic carbocycles. The molecule has 4 aromatic rings. The normalized spacial score (nSPS) is 12.8. The van der Waals surface area contributed by atoms with Gasteiger partial charge in [-0.15, -0.1) is 0 Å². The Bertz CT molecular complexity index is 3320. The van der Waals surface area contributed by atoms with Crippen LogP contribution in [0, 0.1) is 11.3 Å². The third-order valence-corrected chi connectivity index (χ3v) is 16.3. The maximum Gasteiger partial charge on any atom is 0.413 e. The second-order valence-corrected chi connectivity index (χ2v) is 24.8. The number of rotatable bonds is 33. The topological polar surface area (TPSA) is 373 Å². The Morgan fingerprint density at radius 2 is 0.758 bits per heavy atom. The summed E-state index contributed by atoms with van der Waals surface area (Å²) in [4.78, 5) is 95.8. The molecular weight excluding hydrogens is 1270 g/mol. The summed E-state index contributed by atoms with van der Waals surface area (Å²) in [5.41, 5.74) is -0.351. The summed E-state index contributed by atoms with van der Waals surface area (Å²) in [7, 11) is -8.23. The maximum atomic E-state index is 13.4. The average Bonchev–Trinajstić information content (AvgIpc) is 0.835. The number of carboxylic acids is 2. The number of carboxylic acid groups (broad SMARTS) is 2. The van der Waals surface area contributed by atoms with Gasteiger partial charge in [0.05, 0.1) is 32.4 Å². The smallest absolute Gasteiger partial charge is 0.413 e. The van der Waals surface area contributed by atoms with Gasteiger partial charge in [0.2, 0.25) is 19.7 Å². The van der Waals surface area contributed by atoms with Crippen LogP contribution in [-0.4, -0.2) is 139 Å². The van der Waals surface area contributed by atoms with E-state index < -0.39 is 119 Å². The van der Waals surface area contributed by atoms with Crippen LogP contribution in [-0.2, 0) is 38.7 Å². The van der Waals surface area contributed by atoms with Crippen molar-refractivity contribution in [3.8, 4) is 23.0 Å². The van der Waals surface area contributed by atoms with E-state index in [0.29, 0.717) is 12.8 Å². The van der Waals surface area contributed by atoms with Crippen molar-refractivity contribution in [3.05, 3.63) is 97.1 Å². The Morgan fingerprint density at radius 3 is 1.12 bits per heavy atom. The molecule has 0 spiro atoms. The van der Waals surface area contributed by atoms with E-state index in [1.165, 1.54) is 84.9 Å². The van der Waals surface area contributed by atoms with E-state index in [1.54, 1.807) is 0 Å². The van der Waals surface area contributed by atoms with Gasteiger partial charge < -0.3 is 70.5 Å². The van der Waals surface area contributed by atoms with E-state index in [2.05, 4.69) is 36.1 Å². The number of alkyl halides is 6. The molecule has 0 heterocycles. The van der Waals surface area contributed by atoms with Crippen molar-refractivity contribution in [2.24, 2.45) is 11.3 Å². The predicted molar refractivity (Wildman–Crippen MR) is 306 cm³/mol. The lowest BCUT2D eigenvalue weighted by Gasteiger charge is -2.28. The summed E-state index contributed by atoms with van der Waals surface area (Å²) in [5.74, 6) is -3.01. The number of carbonyl (C=O) groups is 8. The van der Waals surface area contributed by atoms with Gasteiger partial charge in [0.15, 0.2) is 0 Å². The van der Waals surface area contributed by atoms with Crippen molar-refractivity contribution >= 4 is 68.2 Å². The number of alkyl carbamates (subject to hydrolysis) is 2. The van der Waals surface area contributed by atoms with Gasteiger partial charge in [0, 0.05) is 26.2 Å². The van der Waals surface area contributed by atoms with E-state index in [9.17, 15) is 91.7 Å². The number of sulfone groups is 2. The maximum absolute atomic E-state index is 13.4. The van der Waals surface area contributed by atoms with E-state index in [1.807, 2.05) is 26.1 Å². The first kappa shape index (κ1) is 74.4. The number of amides is 6. The first-order chi connectivity index (χ1) is 42.6. The van der Waals surface area contributed by atoms with Crippen molar-refractivity contribution < 1.29 is 120 Å². The Labute approximate surface area is 518 Å². The van der Waals surface area contributed by atoms with Gasteiger partial charge in [-0.25, -0.2) is 55.2 Å². The molecule has 26 nitrogen and oxygen atoms in total. The first-order valence-corrected chi connectivity index (χ1v) is 30.8. The zero-order valence-electron chi connectivity index (χ0n) is 49.1. The van der Waals surface area contributed by atoms with Gasteiger partial charge >= 0.3 is 60.9 Å². The predicted octanol–water partition coefficient (Wildman–Crippen LogP) is 9.45. The van der Waals surface area contributed by atoms with Crippen LogP contribution in [0.5, 0.6) is 23.0 Å². The van der Waals surface area contributed by atoms with Gasteiger partial charge in [-0.05, 0) is 160 Å². The fourth-order valence-corrected chi connectivity index (χ4v) is 10.7. The van der Waals surface area contributed by atoms with Crippen LogP contribution in [0.2, 0.25) is 0 Å². The number of hydrogen-bond donors (Lipinski definition) is 8. The molecule has 0 aromatic heterocycles. The number of benzene rings is 4. The molecular formula is C57H68F6N6O20S2. The fourth-order valence-electron chi connectivity index (χ4n) is 8.20. The quantitative estimate of drug-likeness (QED) is 0.0162. The number of nitrogens with one attached hydrogen (secondary N) is 6. The van der Waals surface area contributed by atoms with Crippen LogP contribution in [0.3, 0.4) is 0 Å². The third-order valence-electron chi connectivity index (χ3n) is 12.7. The first-order valence-electron chi connectivity index (χ1n) is 27.8. The van der Waals surface area contributed by atoms with Crippen LogP contribution < -0.4 is 50.8 Å². The number of ether oxygens (including phenoxy) is 6. The summed E-state index contributed by atoms with van der Waals surface area (Å²) in [6.45, 7) is 4.31. The molecule has 8 N–H and O–H groups in total. The van der Waals surface area contributed by atoms with E-state index in [0.717, 1.165) is 12.1 Å². The Balaban J connectivity index is 1.11. The van der Waals surface area contributed by atoms with Crippen molar-refractivity contribution in [2.75, 3.05) is 39.4 Å². The molecule has 0 fully saturated rings. The van der Waals surface area contributed by atoms with Crippen LogP contribution in [0.4, 0.5) is 55.1 Å². The summed E-state index contributed by atoms with van der Waals surface area (Å²) < 4.78 is 156. The molecule has 0 bridgehead atoms. The van der Waals surface area contributed by atoms with E-state index >= 15 is 0 Å². The van der Waals surface area contributed by atoms with Crippen molar-refractivity contribution in [1.82, 2.24) is 31.9 Å². The molecule has 4 rings (SSSR count). The van der Waals surface area contributed by atoms with Gasteiger partial charge in [0.1, 0.15) is 48.3 Å². The highest BCUT2D eigenvalue weighted by atomic mass is 32.2. The lowest BCUT2D eigenvalue weighted by Crippen LogP contribution is -2.42. The third kappa shape index (κ3) is 28.1. The minimum atomic E-state index is -4.56. The SMILES string of the molecule is CC(CNC(=O)Oc1ccc(S(=O)(=O)c2ccc(OC(=O)NCCCCC(NC(=O)OCCC(F)(F)F)C(=O)O)cc2)cc1)CC(C)(C)CCNC(=O)Oc1ccc(S(=O)(=O)c2ccc(OC(=O)NC(CCCCNC(=O)OCCC(F)(F)F)C(=O)O)cc2)cc1. The number of unbranched alkanes of at least 4 members (excludes halogenated alkanes) is 2. The largest absolute Gasteiger partial charge is 0.480 e. The molecule has 0 aliphatic rings. The second-order valence-electron chi connectivity index (χ2n) is 20.9. The number of hydrogen-bond acceptors (Lipinski definition) is 18. The molecule has 0 aliphatic carbocycles. The van der Waals surface area contributed by atoms with Gasteiger partial charge in [-0.2, -0.15) is 26.3 Å². The van der Waals surface area contributed by atoms with E-state index in [-0.39, 0.29) is 119 Å². The van der Waals surface area contributed by atoms with Crippen LogP contribution in [0.25, 0.3) is 0 Å². The molecule has 3 atom stereocenters. The van der Waals surface area contributed by atoms with E-state index in [4.69, 9.17) is 18.9 Å². The average molecular weight is 1340 g/mol. The molecule has 91 heavy (non-hydrogen) atoms. The molecule has 500 valence electrons. The lowest BCUT2D eigenvalue weighted by atomic mass is 9.80. The number of halogens is 6. The van der Waals surface area contributed by atoms with Crippen molar-refractivity contribution in [2.45, 2.75) is 129 Å². The summed E-state index contributed by atoms with van der Waals surface area (Å²) in [6, 6.07) is 16.6. The van der Waals surface area contributed by atoms with Crippen LogP contribution >= 0.6 is 0 Å². The minimum Gasteiger partial charge on any atom is -0.480 e. The standard InChI is InChI=1S/C57H68F6N6O20S2/c1-36(35-67-52(77)88-39-14-22-43(23-15-39)90(80,81)41-18-10-37(11-19-41)86-50(75)65-30-7-5-8-45(47(70)71)68-53(78)85-33-28-57(61,62)63)34-55(2,3)26-31-66-51(76)87-38-12-20-42(21-13-38)91(82,83)44-24-16-40(17-25-44)89-54(79)69-46(48(72)73)9-4-6-29-64-49(74)84-32-27-56(58,59)60/h10-25,36,45-46H,4-9,26-35H2,1-3H3,(H,64,74)(H,65,75)(H,66,76)(H,67,77)(H,68,78)(H,69,79)(H,70,71)(H,72,73). The fraction of sp³-hybridized carbons (Fsp3) is 0.439. The van der Waals surface area contributed by atoms with Crippen LogP contribution in [0.1, 0.15) is 85.0 Å². The highest BCUT2D eigenvalue weighted by Crippen LogP contribution is 2.30. The zero-order valence-corrected chi connectivity index (χ0v) is 50.7. The lowest BCUT2D eigenvalue weighted by molar-refractivity contribution is -0.143. The minimum absolute atomic E-state index is 0.00662. The second kappa shape index (κ2) is 34.8. The highest BCUT2D eigenvalue weighted by molar-refractivity contribution is 7.91. The molecule has 0 radical (unpaired) electrons. The Hall–Kier alpha value is -9.08. The molecule has 3 unspecified atom stereocenters. The van der Waals surface area contributed by atoms with Crippen molar-refractivity contribution in [1.29, 1.82) is 0 Å². The number of aliphatic carboxylic acids is 2. The molecule has 0 saturated carbocycles. The van der Waals surface area contributed by atoms with Crippen molar-refractivity contribution in [3.63, 3.8) is 0 Å².